The third-order valence-electron chi connectivity index (χ3n) is 2.81. The van der Waals surface area contributed by atoms with Gasteiger partial charge in [0, 0.05) is 25.0 Å². The molecular formula is C14H24N4O2. The molecular weight excluding hydrogens is 256 g/mol. The second-order valence-corrected chi connectivity index (χ2v) is 5.07. The highest BCUT2D eigenvalue weighted by atomic mass is 16.5. The predicted molar refractivity (Wildman–Crippen MR) is 79.4 cm³/mol. The largest absolute Gasteiger partial charge is 0.380 e. The number of ether oxygens (including phenoxy) is 1. The lowest BCUT2D eigenvalue weighted by molar-refractivity contribution is 0.0906. The molecule has 0 radical (unpaired) electrons. The van der Waals surface area contributed by atoms with Crippen LogP contribution in [-0.2, 0) is 4.74 Å². The standard InChI is InChI=1S/C14H24N4O2/c1-10(2)4-6-20-7-5-16-14(19)12-9-17-11(3)8-13(12)18-15/h8-10H,4-7,15H2,1-3H3,(H,16,19)(H,17,18). The number of rotatable bonds is 8. The van der Waals surface area contributed by atoms with Crippen LogP contribution >= 0.6 is 0 Å². The molecule has 4 N–H and O–H groups in total. The molecule has 1 heterocycles. The number of nitrogens with one attached hydrogen (secondary N) is 2. The van der Waals surface area contributed by atoms with Crippen LogP contribution in [0.2, 0.25) is 0 Å². The molecule has 0 aliphatic heterocycles. The number of aryl methyl sites for hydroxylation is 1. The number of aromatic nitrogens is 1. The van der Waals surface area contributed by atoms with Crippen LogP contribution in [-0.4, -0.2) is 30.6 Å². The summed E-state index contributed by atoms with van der Waals surface area (Å²) in [5.74, 6) is 5.81. The molecule has 0 saturated heterocycles. The lowest BCUT2D eigenvalue weighted by Gasteiger charge is -2.10. The van der Waals surface area contributed by atoms with Gasteiger partial charge >= 0.3 is 0 Å². The lowest BCUT2D eigenvalue weighted by atomic mass is 10.1. The molecule has 112 valence electrons. The zero-order valence-electron chi connectivity index (χ0n) is 12.4. The number of nitrogens with two attached hydrogens (primary N) is 1. The topological polar surface area (TPSA) is 89.3 Å². The molecule has 1 aromatic heterocycles. The Balaban J connectivity index is 2.36. The number of anilines is 1. The van der Waals surface area contributed by atoms with Crippen molar-refractivity contribution in [3.05, 3.63) is 23.5 Å². The van der Waals surface area contributed by atoms with Gasteiger partial charge in [-0.05, 0) is 25.3 Å². The monoisotopic (exact) mass is 280 g/mol. The van der Waals surface area contributed by atoms with Crippen LogP contribution in [0.1, 0.15) is 36.3 Å². The third kappa shape index (κ3) is 5.54. The molecule has 0 atom stereocenters. The number of carbonyl (C=O) groups is 1. The van der Waals surface area contributed by atoms with Crippen LogP contribution in [0.5, 0.6) is 0 Å². The summed E-state index contributed by atoms with van der Waals surface area (Å²) in [5, 5.41) is 2.78. The summed E-state index contributed by atoms with van der Waals surface area (Å²) < 4.78 is 5.44. The number of amides is 1. The maximum atomic E-state index is 12.0. The van der Waals surface area contributed by atoms with Gasteiger partial charge in [-0.3, -0.25) is 15.6 Å². The molecule has 0 aliphatic carbocycles. The van der Waals surface area contributed by atoms with E-state index in [1.807, 2.05) is 6.92 Å². The number of nitrogen functional groups attached to an aromatic ring is 1. The molecule has 0 saturated carbocycles. The third-order valence-corrected chi connectivity index (χ3v) is 2.81. The van der Waals surface area contributed by atoms with E-state index in [0.29, 0.717) is 30.3 Å². The van der Waals surface area contributed by atoms with E-state index in [4.69, 9.17) is 10.6 Å². The molecule has 1 amide bonds. The Bertz CT molecular complexity index is 435. The molecule has 0 unspecified atom stereocenters. The van der Waals surface area contributed by atoms with E-state index in [2.05, 4.69) is 29.6 Å². The normalized spacial score (nSPS) is 10.7. The van der Waals surface area contributed by atoms with Gasteiger partial charge in [0.2, 0.25) is 0 Å². The molecule has 0 fully saturated rings. The average Bonchev–Trinajstić information content (AvgIpc) is 2.41. The summed E-state index contributed by atoms with van der Waals surface area (Å²) in [4.78, 5) is 16.1. The van der Waals surface area contributed by atoms with Crippen molar-refractivity contribution in [1.82, 2.24) is 10.3 Å². The van der Waals surface area contributed by atoms with Crippen molar-refractivity contribution in [2.45, 2.75) is 27.2 Å². The first kappa shape index (κ1) is 16.4. The number of hydrogen-bond donors (Lipinski definition) is 3. The molecule has 0 bridgehead atoms. The van der Waals surface area contributed by atoms with E-state index in [9.17, 15) is 4.79 Å². The van der Waals surface area contributed by atoms with Gasteiger partial charge in [0.05, 0.1) is 17.9 Å². The van der Waals surface area contributed by atoms with Crippen molar-refractivity contribution < 1.29 is 9.53 Å². The first-order chi connectivity index (χ1) is 9.54. The fourth-order valence-corrected chi connectivity index (χ4v) is 1.61. The van der Waals surface area contributed by atoms with Crippen LogP contribution in [0.3, 0.4) is 0 Å². The minimum absolute atomic E-state index is 0.210. The Morgan fingerprint density at radius 1 is 1.45 bits per heavy atom. The average molecular weight is 280 g/mol. The molecule has 0 aromatic carbocycles. The Kier molecular flexibility index (Phi) is 6.97. The van der Waals surface area contributed by atoms with E-state index in [0.717, 1.165) is 18.7 Å². The van der Waals surface area contributed by atoms with Crippen LogP contribution in [0, 0.1) is 12.8 Å². The van der Waals surface area contributed by atoms with Gasteiger partial charge in [-0.2, -0.15) is 0 Å². The Morgan fingerprint density at radius 3 is 2.85 bits per heavy atom. The summed E-state index contributed by atoms with van der Waals surface area (Å²) in [5.41, 5.74) is 4.30. The molecule has 0 spiro atoms. The Labute approximate surface area is 120 Å². The summed E-state index contributed by atoms with van der Waals surface area (Å²) >= 11 is 0. The Morgan fingerprint density at radius 2 is 2.20 bits per heavy atom. The van der Waals surface area contributed by atoms with Gasteiger partial charge in [0.25, 0.3) is 5.91 Å². The number of hydrogen-bond acceptors (Lipinski definition) is 5. The molecule has 1 rings (SSSR count). The van der Waals surface area contributed by atoms with E-state index >= 15 is 0 Å². The highest BCUT2D eigenvalue weighted by Crippen LogP contribution is 2.13. The van der Waals surface area contributed by atoms with E-state index in [1.165, 1.54) is 6.20 Å². The molecule has 20 heavy (non-hydrogen) atoms. The van der Waals surface area contributed by atoms with Crippen molar-refractivity contribution in [3.8, 4) is 0 Å². The minimum atomic E-state index is -0.210. The summed E-state index contributed by atoms with van der Waals surface area (Å²) in [6, 6.07) is 1.73. The second kappa shape index (κ2) is 8.50. The van der Waals surface area contributed by atoms with Crippen molar-refractivity contribution in [3.63, 3.8) is 0 Å². The summed E-state index contributed by atoms with van der Waals surface area (Å²) in [7, 11) is 0. The van der Waals surface area contributed by atoms with Gasteiger partial charge in [-0.15, -0.1) is 0 Å². The van der Waals surface area contributed by atoms with Gasteiger partial charge in [-0.1, -0.05) is 13.8 Å². The van der Waals surface area contributed by atoms with Gasteiger partial charge in [0.1, 0.15) is 0 Å². The highest BCUT2D eigenvalue weighted by Gasteiger charge is 2.11. The van der Waals surface area contributed by atoms with Crippen molar-refractivity contribution >= 4 is 11.6 Å². The fourth-order valence-electron chi connectivity index (χ4n) is 1.61. The molecule has 1 aromatic rings. The number of carbonyl (C=O) groups excluding carboxylic acids is 1. The van der Waals surface area contributed by atoms with Gasteiger partial charge in [-0.25, -0.2) is 0 Å². The van der Waals surface area contributed by atoms with Crippen molar-refractivity contribution in [1.29, 1.82) is 0 Å². The smallest absolute Gasteiger partial charge is 0.255 e. The van der Waals surface area contributed by atoms with Crippen LogP contribution in [0.15, 0.2) is 12.3 Å². The minimum Gasteiger partial charge on any atom is -0.380 e. The predicted octanol–water partition coefficient (Wildman–Crippen LogP) is 1.47. The van der Waals surface area contributed by atoms with E-state index in [1.54, 1.807) is 6.07 Å². The van der Waals surface area contributed by atoms with Crippen molar-refractivity contribution in [2.75, 3.05) is 25.2 Å². The zero-order valence-corrected chi connectivity index (χ0v) is 12.4. The maximum Gasteiger partial charge on any atom is 0.255 e. The fraction of sp³-hybridized carbons (Fsp3) is 0.571. The van der Waals surface area contributed by atoms with Gasteiger partial charge in [0.15, 0.2) is 0 Å². The first-order valence-corrected chi connectivity index (χ1v) is 6.83. The zero-order chi connectivity index (χ0) is 15.0. The Hall–Kier alpha value is -1.66. The van der Waals surface area contributed by atoms with E-state index in [-0.39, 0.29) is 5.91 Å². The molecule has 0 aliphatic rings. The first-order valence-electron chi connectivity index (χ1n) is 6.83. The second-order valence-electron chi connectivity index (χ2n) is 5.07. The highest BCUT2D eigenvalue weighted by molar-refractivity contribution is 5.99. The SMILES string of the molecule is Cc1cc(NN)c(C(=O)NCCOCCC(C)C)cn1. The van der Waals surface area contributed by atoms with E-state index < -0.39 is 0 Å². The lowest BCUT2D eigenvalue weighted by Crippen LogP contribution is -2.29. The quantitative estimate of drug-likeness (QED) is 0.381. The van der Waals surface area contributed by atoms with Crippen LogP contribution in [0.4, 0.5) is 5.69 Å². The van der Waals surface area contributed by atoms with Gasteiger partial charge < -0.3 is 15.5 Å². The number of nitrogens with zero attached hydrogens (tertiary/aromatic N) is 1. The van der Waals surface area contributed by atoms with Crippen molar-refractivity contribution in [2.24, 2.45) is 11.8 Å². The number of pyridine rings is 1. The summed E-state index contributed by atoms with van der Waals surface area (Å²) in [6.45, 7) is 7.83. The van der Waals surface area contributed by atoms with Crippen LogP contribution < -0.4 is 16.6 Å². The molecule has 6 heteroatoms. The van der Waals surface area contributed by atoms with Crippen LogP contribution in [0.25, 0.3) is 0 Å². The molecule has 6 nitrogen and oxygen atoms in total. The number of hydrazine groups is 1. The summed E-state index contributed by atoms with van der Waals surface area (Å²) in [6.07, 6.45) is 2.54. The maximum absolute atomic E-state index is 12.0.